The molecule has 2 heterocycles. The van der Waals surface area contributed by atoms with Crippen LogP contribution >= 0.6 is 0 Å². The largest absolute Gasteiger partial charge is 0.478 e. The molecule has 0 bridgehead atoms. The van der Waals surface area contributed by atoms with Crippen LogP contribution in [0.4, 0.5) is 0 Å². The van der Waals surface area contributed by atoms with Crippen LogP contribution in [-0.2, 0) is 29.2 Å². The predicted octanol–water partition coefficient (Wildman–Crippen LogP) is 1.48. The molecule has 37 heavy (non-hydrogen) atoms. The van der Waals surface area contributed by atoms with Crippen LogP contribution in [-0.4, -0.2) is 75.4 Å². The number of benzene rings is 3. The first-order valence-electron chi connectivity index (χ1n) is 10.8. The number of carboxylic acids is 1. The molecule has 3 aromatic rings. The van der Waals surface area contributed by atoms with Crippen molar-refractivity contribution in [2.45, 2.75) is 9.79 Å². The van der Waals surface area contributed by atoms with Crippen LogP contribution in [0.15, 0.2) is 64.4 Å². The summed E-state index contributed by atoms with van der Waals surface area (Å²) in [4.78, 5) is 36.9. The van der Waals surface area contributed by atoms with E-state index in [0.29, 0.717) is 5.39 Å². The summed E-state index contributed by atoms with van der Waals surface area (Å²) in [6.45, 7) is 0.649. The van der Waals surface area contributed by atoms with E-state index in [1.54, 1.807) is 0 Å². The van der Waals surface area contributed by atoms with Crippen molar-refractivity contribution >= 4 is 48.7 Å². The van der Waals surface area contributed by atoms with Crippen molar-refractivity contribution in [3.8, 4) is 0 Å². The summed E-state index contributed by atoms with van der Waals surface area (Å²) in [7, 11) is -8.87. The predicted molar refractivity (Wildman–Crippen MR) is 126 cm³/mol. The summed E-state index contributed by atoms with van der Waals surface area (Å²) in [5.74, 6) is -3.66. The number of carboxylic acid groups (broad SMARTS) is 1. The minimum absolute atomic E-state index is 0.0328. The van der Waals surface area contributed by atoms with Gasteiger partial charge in [-0.15, -0.1) is 9.35 Å². The van der Waals surface area contributed by atoms with Gasteiger partial charge in [-0.25, -0.2) is 13.2 Å². The minimum Gasteiger partial charge on any atom is -0.478 e. The van der Waals surface area contributed by atoms with Crippen molar-refractivity contribution in [2.24, 2.45) is 0 Å². The van der Waals surface area contributed by atoms with Crippen molar-refractivity contribution in [3.63, 3.8) is 0 Å². The molecule has 2 aliphatic heterocycles. The van der Waals surface area contributed by atoms with Crippen molar-refractivity contribution in [2.75, 3.05) is 26.3 Å². The Kier molecular flexibility index (Phi) is 6.08. The third kappa shape index (κ3) is 4.28. The zero-order valence-corrected chi connectivity index (χ0v) is 20.5. The molecule has 2 amide bonds. The number of aromatic carboxylic acids is 1. The lowest BCUT2D eigenvalue weighted by Gasteiger charge is -2.28. The molecule has 0 radical (unpaired) electrons. The Hall–Kier alpha value is -3.69. The maximum absolute atomic E-state index is 13.3. The van der Waals surface area contributed by atoms with Gasteiger partial charge >= 0.3 is 16.1 Å². The molecule has 0 saturated carbocycles. The maximum atomic E-state index is 13.3. The van der Waals surface area contributed by atoms with Crippen LogP contribution < -0.4 is 0 Å². The van der Waals surface area contributed by atoms with Gasteiger partial charge < -0.3 is 9.84 Å². The van der Waals surface area contributed by atoms with Crippen molar-refractivity contribution < 1.29 is 45.3 Å². The topological polar surface area (TPSA) is 165 Å². The number of morpholine rings is 1. The number of sulfonamides is 1. The van der Waals surface area contributed by atoms with Gasteiger partial charge in [0.2, 0.25) is 10.0 Å². The summed E-state index contributed by atoms with van der Waals surface area (Å²) in [5.41, 5.74) is -0.667. The fourth-order valence-corrected chi connectivity index (χ4v) is 6.54. The third-order valence-corrected chi connectivity index (χ3v) is 8.98. The Bertz CT molecular complexity index is 1690. The van der Waals surface area contributed by atoms with E-state index in [1.165, 1.54) is 34.6 Å². The molecular weight excluding hydrogens is 528 g/mol. The highest BCUT2D eigenvalue weighted by atomic mass is 32.2. The lowest BCUT2D eigenvalue weighted by atomic mass is 9.95. The number of amides is 2. The second-order valence-corrected chi connectivity index (χ2v) is 11.6. The zero-order valence-electron chi connectivity index (χ0n) is 18.9. The van der Waals surface area contributed by atoms with Gasteiger partial charge in [-0.3, -0.25) is 9.59 Å². The number of hydrogen-bond donors (Lipinski definition) is 1. The molecule has 192 valence electrons. The quantitative estimate of drug-likeness (QED) is 0.448. The third-order valence-electron chi connectivity index (χ3n) is 5.93. The van der Waals surface area contributed by atoms with E-state index in [1.807, 2.05) is 0 Å². The minimum atomic E-state index is -4.83. The van der Waals surface area contributed by atoms with Gasteiger partial charge in [-0.05, 0) is 41.8 Å². The van der Waals surface area contributed by atoms with E-state index in [4.69, 9.17) is 14.1 Å². The average Bonchev–Trinajstić information content (AvgIpc) is 2.89. The number of hydroxylamine groups is 2. The van der Waals surface area contributed by atoms with Crippen molar-refractivity contribution in [3.05, 3.63) is 71.3 Å². The molecule has 0 aliphatic carbocycles. The smallest absolute Gasteiger partial charge is 0.335 e. The molecule has 3 aromatic carbocycles. The van der Waals surface area contributed by atoms with Gasteiger partial charge in [0.1, 0.15) is 0 Å². The SMILES string of the molecule is O=C(O)c1cccc(S(=O)(=O)ON2C(=O)c3cccc4cc(S(=O)(=O)N5CCOCC5)cc(c34)C2=O)c1. The number of carbonyl (C=O) groups is 3. The summed E-state index contributed by atoms with van der Waals surface area (Å²) >= 11 is 0. The number of imide groups is 1. The summed E-state index contributed by atoms with van der Waals surface area (Å²) in [6.07, 6.45) is 0. The van der Waals surface area contributed by atoms with Crippen LogP contribution in [0, 0.1) is 0 Å². The second kappa shape index (κ2) is 9.00. The van der Waals surface area contributed by atoms with Gasteiger partial charge in [0.15, 0.2) is 0 Å². The van der Waals surface area contributed by atoms with E-state index >= 15 is 0 Å². The fourth-order valence-electron chi connectivity index (χ4n) is 4.14. The summed E-state index contributed by atoms with van der Waals surface area (Å²) in [6, 6.07) is 11.0. The second-order valence-electron chi connectivity index (χ2n) is 8.16. The van der Waals surface area contributed by atoms with Crippen LogP contribution in [0.25, 0.3) is 10.8 Å². The van der Waals surface area contributed by atoms with Gasteiger partial charge in [-0.1, -0.05) is 18.2 Å². The first kappa shape index (κ1) is 25.0. The molecule has 1 N–H and O–H groups in total. The monoisotopic (exact) mass is 546 g/mol. The molecule has 14 heteroatoms. The van der Waals surface area contributed by atoms with Gasteiger partial charge in [0.25, 0.3) is 11.8 Å². The average molecular weight is 547 g/mol. The van der Waals surface area contributed by atoms with Crippen molar-refractivity contribution in [1.82, 2.24) is 9.37 Å². The Balaban J connectivity index is 1.58. The molecule has 2 aliphatic rings. The Labute approximate surface area is 210 Å². The lowest BCUT2D eigenvalue weighted by Crippen LogP contribution is -2.42. The Morgan fingerprint density at radius 1 is 0.865 bits per heavy atom. The molecule has 1 saturated heterocycles. The van der Waals surface area contributed by atoms with E-state index in [-0.39, 0.29) is 58.3 Å². The van der Waals surface area contributed by atoms with E-state index in [2.05, 4.69) is 0 Å². The Morgan fingerprint density at radius 2 is 1.54 bits per heavy atom. The summed E-state index contributed by atoms with van der Waals surface area (Å²) in [5, 5.41) is 9.63. The van der Waals surface area contributed by atoms with Crippen LogP contribution in [0.3, 0.4) is 0 Å². The Morgan fingerprint density at radius 3 is 2.24 bits per heavy atom. The van der Waals surface area contributed by atoms with E-state index < -0.39 is 42.8 Å². The molecular formula is C23H18N2O10S2. The van der Waals surface area contributed by atoms with E-state index in [9.17, 15) is 31.2 Å². The zero-order chi connectivity index (χ0) is 26.5. The first-order valence-corrected chi connectivity index (χ1v) is 13.7. The molecule has 0 aromatic heterocycles. The molecule has 0 atom stereocenters. The number of nitrogens with zero attached hydrogens (tertiary/aromatic N) is 2. The standard InChI is InChI=1S/C23H18N2O10S2/c26-21-18-6-2-3-14-11-17(36(30,31)24-7-9-34-10-8-24)13-19(20(14)18)22(27)25(21)35-37(32,33)16-5-1-4-15(12-16)23(28)29/h1-6,11-13H,7-10H2,(H,28,29). The molecule has 0 unspecified atom stereocenters. The summed E-state index contributed by atoms with van der Waals surface area (Å²) < 4.78 is 63.6. The lowest BCUT2D eigenvalue weighted by molar-refractivity contribution is -0.0155. The van der Waals surface area contributed by atoms with Crippen LogP contribution in [0.2, 0.25) is 0 Å². The van der Waals surface area contributed by atoms with Crippen LogP contribution in [0.5, 0.6) is 0 Å². The van der Waals surface area contributed by atoms with Crippen molar-refractivity contribution in [1.29, 1.82) is 0 Å². The highest BCUT2D eigenvalue weighted by Crippen LogP contribution is 2.34. The molecule has 1 fully saturated rings. The fraction of sp³-hybridized carbons (Fsp3) is 0.174. The number of hydrogen-bond acceptors (Lipinski definition) is 9. The maximum Gasteiger partial charge on any atom is 0.335 e. The first-order chi connectivity index (χ1) is 17.5. The van der Waals surface area contributed by atoms with Gasteiger partial charge in [0.05, 0.1) is 39.7 Å². The number of rotatable bonds is 6. The number of ether oxygens (including phenoxy) is 1. The van der Waals surface area contributed by atoms with Gasteiger partial charge in [0, 0.05) is 18.5 Å². The highest BCUT2D eigenvalue weighted by molar-refractivity contribution is 7.89. The number of carbonyl (C=O) groups excluding carboxylic acids is 2. The van der Waals surface area contributed by atoms with Gasteiger partial charge in [-0.2, -0.15) is 12.7 Å². The van der Waals surface area contributed by atoms with Crippen LogP contribution in [0.1, 0.15) is 31.1 Å². The molecule has 5 rings (SSSR count). The normalized spacial score (nSPS) is 16.8. The molecule has 0 spiro atoms. The van der Waals surface area contributed by atoms with E-state index in [0.717, 1.165) is 24.3 Å². The highest BCUT2D eigenvalue weighted by Gasteiger charge is 2.39. The molecule has 12 nitrogen and oxygen atoms in total.